The fourth-order valence-electron chi connectivity index (χ4n) is 1.18. The lowest BCUT2D eigenvalue weighted by Crippen LogP contribution is -1.92. The summed E-state index contributed by atoms with van der Waals surface area (Å²) in [5.41, 5.74) is 1.14. The highest BCUT2D eigenvalue weighted by molar-refractivity contribution is 6.02. The minimum absolute atomic E-state index is 0.218. The summed E-state index contributed by atoms with van der Waals surface area (Å²) in [5.74, 6) is -0.193. The van der Waals surface area contributed by atoms with Crippen LogP contribution in [0.4, 0.5) is 0 Å². The van der Waals surface area contributed by atoms with E-state index in [1.807, 2.05) is 0 Å². The number of aliphatic hydroxyl groups excluding tert-OH is 1. The number of rotatable bonds is 0. The third kappa shape index (κ3) is 0.797. The van der Waals surface area contributed by atoms with Gasteiger partial charge in [-0.3, -0.25) is 0 Å². The van der Waals surface area contributed by atoms with Gasteiger partial charge in [0, 0.05) is 5.56 Å². The Hall–Kier alpha value is -1.77. The monoisotopic (exact) mass is 162 g/mol. The average molecular weight is 162 g/mol. The van der Waals surface area contributed by atoms with E-state index in [1.165, 1.54) is 0 Å². The minimum Gasteiger partial charge on any atom is -0.512 e. The van der Waals surface area contributed by atoms with Gasteiger partial charge in [-0.25, -0.2) is 4.79 Å². The first kappa shape index (κ1) is 6.91. The molecule has 60 valence electrons. The van der Waals surface area contributed by atoms with E-state index in [0.717, 1.165) is 6.26 Å². The van der Waals surface area contributed by atoms with Crippen LogP contribution in [0, 0.1) is 0 Å². The maximum Gasteiger partial charge on any atom is 0.344 e. The number of esters is 1. The summed E-state index contributed by atoms with van der Waals surface area (Å²) in [7, 11) is 0. The molecule has 0 aromatic heterocycles. The smallest absolute Gasteiger partial charge is 0.344 e. The predicted octanol–water partition coefficient (Wildman–Crippen LogP) is 1.71. The fraction of sp³-hybridized carbons (Fsp3) is 0. The number of benzene rings is 1. The van der Waals surface area contributed by atoms with E-state index in [-0.39, 0.29) is 5.76 Å². The summed E-state index contributed by atoms with van der Waals surface area (Å²) in [6.45, 7) is 0. The zero-order valence-corrected chi connectivity index (χ0v) is 6.15. The van der Waals surface area contributed by atoms with E-state index < -0.39 is 5.97 Å². The second-order valence-corrected chi connectivity index (χ2v) is 2.43. The molecule has 0 atom stereocenters. The lowest BCUT2D eigenvalue weighted by Gasteiger charge is -1.92. The van der Waals surface area contributed by atoms with Gasteiger partial charge in [0.2, 0.25) is 0 Å². The molecule has 0 amide bonds. The zero-order valence-electron chi connectivity index (χ0n) is 6.15. The fourth-order valence-corrected chi connectivity index (χ4v) is 1.18. The molecule has 1 aliphatic rings. The third-order valence-corrected chi connectivity index (χ3v) is 1.73. The molecule has 0 spiro atoms. The summed E-state index contributed by atoms with van der Waals surface area (Å²) in [5, 5.41) is 8.69. The molecule has 1 N–H and O–H groups in total. The van der Waals surface area contributed by atoms with Gasteiger partial charge in [-0.1, -0.05) is 18.2 Å². The molecule has 3 nitrogen and oxygen atoms in total. The van der Waals surface area contributed by atoms with Gasteiger partial charge >= 0.3 is 5.97 Å². The molecule has 0 radical (unpaired) electrons. The lowest BCUT2D eigenvalue weighted by atomic mass is 10.1. The molecule has 0 unspecified atom stereocenters. The second kappa shape index (κ2) is 2.37. The number of carbonyl (C=O) groups is 1. The first-order valence-electron chi connectivity index (χ1n) is 3.49. The van der Waals surface area contributed by atoms with Crippen LogP contribution in [0.3, 0.4) is 0 Å². The molecule has 0 saturated carbocycles. The molecule has 0 bridgehead atoms. The van der Waals surface area contributed by atoms with Gasteiger partial charge in [0.25, 0.3) is 0 Å². The van der Waals surface area contributed by atoms with Gasteiger partial charge < -0.3 is 9.84 Å². The molecule has 3 heteroatoms. The SMILES string of the molecule is O=C1O/C(=C\O)c2ccccc21. The number of hydrogen-bond donors (Lipinski definition) is 1. The van der Waals surface area contributed by atoms with Crippen molar-refractivity contribution in [2.45, 2.75) is 0 Å². The number of aliphatic hydroxyl groups is 1. The van der Waals surface area contributed by atoms with Crippen LogP contribution in [0.5, 0.6) is 0 Å². The van der Waals surface area contributed by atoms with Gasteiger partial charge in [-0.15, -0.1) is 0 Å². The van der Waals surface area contributed by atoms with Crippen LogP contribution in [-0.4, -0.2) is 11.1 Å². The van der Waals surface area contributed by atoms with Gasteiger partial charge in [-0.05, 0) is 6.07 Å². The van der Waals surface area contributed by atoms with Crippen molar-refractivity contribution in [3.8, 4) is 0 Å². The van der Waals surface area contributed by atoms with Gasteiger partial charge in [0.15, 0.2) is 5.76 Å². The topological polar surface area (TPSA) is 46.5 Å². The van der Waals surface area contributed by atoms with Crippen LogP contribution in [0.2, 0.25) is 0 Å². The summed E-state index contributed by atoms with van der Waals surface area (Å²) in [6.07, 6.45) is 0.795. The van der Waals surface area contributed by atoms with Crippen molar-refractivity contribution < 1.29 is 14.6 Å². The molecule has 1 aromatic rings. The third-order valence-electron chi connectivity index (χ3n) is 1.73. The quantitative estimate of drug-likeness (QED) is 0.466. The highest BCUT2D eigenvalue weighted by atomic mass is 16.5. The molecule has 12 heavy (non-hydrogen) atoms. The Bertz CT molecular complexity index is 366. The second-order valence-electron chi connectivity index (χ2n) is 2.43. The van der Waals surface area contributed by atoms with Crippen LogP contribution in [0.1, 0.15) is 15.9 Å². The Morgan fingerprint density at radius 2 is 1.92 bits per heavy atom. The highest BCUT2D eigenvalue weighted by Gasteiger charge is 2.25. The molecule has 2 rings (SSSR count). The van der Waals surface area contributed by atoms with Crippen molar-refractivity contribution in [1.29, 1.82) is 0 Å². The maximum atomic E-state index is 11.1. The first-order valence-corrected chi connectivity index (χ1v) is 3.49. The number of hydrogen-bond acceptors (Lipinski definition) is 3. The summed E-state index contributed by atoms with van der Waals surface area (Å²) in [6, 6.07) is 6.92. The van der Waals surface area contributed by atoms with Crippen LogP contribution < -0.4 is 0 Å². The number of cyclic esters (lactones) is 1. The zero-order chi connectivity index (χ0) is 8.55. The van der Waals surface area contributed by atoms with Crippen LogP contribution >= 0.6 is 0 Å². The van der Waals surface area contributed by atoms with Crippen molar-refractivity contribution in [3.05, 3.63) is 41.7 Å². The van der Waals surface area contributed by atoms with Gasteiger partial charge in [-0.2, -0.15) is 0 Å². The summed E-state index contributed by atoms with van der Waals surface area (Å²) in [4.78, 5) is 11.1. The number of ether oxygens (including phenoxy) is 1. The Morgan fingerprint density at radius 1 is 1.25 bits per heavy atom. The van der Waals surface area contributed by atoms with Crippen molar-refractivity contribution in [2.24, 2.45) is 0 Å². The molecule has 0 fully saturated rings. The Morgan fingerprint density at radius 3 is 2.58 bits per heavy atom. The highest BCUT2D eigenvalue weighted by Crippen LogP contribution is 2.28. The van der Waals surface area contributed by atoms with Crippen LogP contribution in [0.25, 0.3) is 5.76 Å². The summed E-state index contributed by atoms with van der Waals surface area (Å²) < 4.78 is 4.75. The van der Waals surface area contributed by atoms with E-state index in [4.69, 9.17) is 9.84 Å². The normalized spacial score (nSPS) is 17.7. The van der Waals surface area contributed by atoms with Crippen molar-refractivity contribution in [1.82, 2.24) is 0 Å². The molecule has 0 aliphatic carbocycles. The van der Waals surface area contributed by atoms with E-state index in [0.29, 0.717) is 11.1 Å². The van der Waals surface area contributed by atoms with E-state index in [9.17, 15) is 4.79 Å². The first-order chi connectivity index (χ1) is 5.83. The Labute approximate surface area is 68.9 Å². The molecule has 0 saturated heterocycles. The van der Waals surface area contributed by atoms with Crippen molar-refractivity contribution >= 4 is 11.7 Å². The summed E-state index contributed by atoms with van der Waals surface area (Å²) >= 11 is 0. The van der Waals surface area contributed by atoms with E-state index >= 15 is 0 Å². The van der Waals surface area contributed by atoms with Crippen molar-refractivity contribution in [2.75, 3.05) is 0 Å². The van der Waals surface area contributed by atoms with Gasteiger partial charge in [0.05, 0.1) is 5.56 Å². The van der Waals surface area contributed by atoms with E-state index in [2.05, 4.69) is 0 Å². The molecule has 1 aliphatic heterocycles. The lowest BCUT2D eigenvalue weighted by molar-refractivity contribution is 0.0712. The average Bonchev–Trinajstić information content (AvgIpc) is 2.44. The van der Waals surface area contributed by atoms with Crippen LogP contribution in [0.15, 0.2) is 30.5 Å². The Kier molecular flexibility index (Phi) is 1.37. The standard InChI is InChI=1S/C9H6O3/c10-5-8-6-3-1-2-4-7(6)9(11)12-8/h1-5,10H/b8-5-. The molecular weight excluding hydrogens is 156 g/mol. The molecule has 1 heterocycles. The minimum atomic E-state index is -0.411. The molecule has 1 aromatic carbocycles. The number of fused-ring (bicyclic) bond motifs is 1. The number of carbonyl (C=O) groups excluding carboxylic acids is 1. The maximum absolute atomic E-state index is 11.1. The van der Waals surface area contributed by atoms with Crippen LogP contribution in [-0.2, 0) is 4.74 Å². The largest absolute Gasteiger partial charge is 0.512 e. The van der Waals surface area contributed by atoms with Gasteiger partial charge in [0.1, 0.15) is 6.26 Å². The predicted molar refractivity (Wildman–Crippen MR) is 42.5 cm³/mol. The van der Waals surface area contributed by atoms with E-state index in [1.54, 1.807) is 24.3 Å². The molecular formula is C9H6O3. The Balaban J connectivity index is 2.65. The van der Waals surface area contributed by atoms with Crippen molar-refractivity contribution in [3.63, 3.8) is 0 Å².